The standard InChI is InChI=1S/C23H22N4O4/c1-30-16-4-5-17-20(28)13-23(31-21(17)11-16)6-9-27(10-7-23)22(29)19-12-18(25-26-19)15-3-2-8-24-14-15/h2-5,8,11-12,14H,6-7,9-10,13H2,1H3,(H,25,26). The molecule has 1 spiro atoms. The Kier molecular flexibility index (Phi) is 4.69. The van der Waals surface area contributed by atoms with E-state index in [1.807, 2.05) is 12.1 Å². The molecule has 3 aromatic rings. The molecule has 1 N–H and O–H groups in total. The number of nitrogens with one attached hydrogen (secondary N) is 1. The van der Waals surface area contributed by atoms with Gasteiger partial charge in [-0.15, -0.1) is 0 Å². The highest BCUT2D eigenvalue weighted by atomic mass is 16.5. The molecule has 158 valence electrons. The molecule has 0 unspecified atom stereocenters. The first-order valence-electron chi connectivity index (χ1n) is 10.2. The van der Waals surface area contributed by atoms with Crippen molar-refractivity contribution >= 4 is 11.7 Å². The molecule has 31 heavy (non-hydrogen) atoms. The lowest BCUT2D eigenvalue weighted by Gasteiger charge is -2.43. The number of hydrogen-bond donors (Lipinski definition) is 1. The number of H-pyrrole nitrogens is 1. The zero-order valence-electron chi connectivity index (χ0n) is 17.1. The third kappa shape index (κ3) is 3.54. The summed E-state index contributed by atoms with van der Waals surface area (Å²) in [6, 6.07) is 10.7. The number of benzene rings is 1. The predicted octanol–water partition coefficient (Wildman–Crippen LogP) is 3.12. The number of aromatic nitrogens is 3. The average Bonchev–Trinajstić information content (AvgIpc) is 3.30. The van der Waals surface area contributed by atoms with Gasteiger partial charge in [0.1, 0.15) is 22.8 Å². The van der Waals surface area contributed by atoms with Gasteiger partial charge in [-0.25, -0.2) is 0 Å². The van der Waals surface area contributed by atoms with Gasteiger partial charge < -0.3 is 14.4 Å². The number of ketones is 1. The van der Waals surface area contributed by atoms with Crippen LogP contribution in [0.15, 0.2) is 48.8 Å². The number of Topliss-reactive ketones (excluding diaryl/α,β-unsaturated/α-hetero) is 1. The molecule has 8 heteroatoms. The third-order valence-corrected chi connectivity index (χ3v) is 6.03. The molecule has 1 fully saturated rings. The molecule has 5 rings (SSSR count). The fraction of sp³-hybridized carbons (Fsp3) is 0.304. The van der Waals surface area contributed by atoms with E-state index in [0.29, 0.717) is 60.8 Å². The number of carbonyl (C=O) groups excluding carboxylic acids is 2. The van der Waals surface area contributed by atoms with E-state index in [1.54, 1.807) is 48.7 Å². The lowest BCUT2D eigenvalue weighted by Crippen LogP contribution is -2.52. The van der Waals surface area contributed by atoms with Crippen molar-refractivity contribution in [3.05, 3.63) is 60.0 Å². The summed E-state index contributed by atoms with van der Waals surface area (Å²) in [6.07, 6.45) is 4.90. The molecule has 1 saturated heterocycles. The van der Waals surface area contributed by atoms with Crippen LogP contribution >= 0.6 is 0 Å². The van der Waals surface area contributed by atoms with Gasteiger partial charge in [-0.3, -0.25) is 19.7 Å². The van der Waals surface area contributed by atoms with E-state index >= 15 is 0 Å². The molecule has 0 aliphatic carbocycles. The van der Waals surface area contributed by atoms with Crippen molar-refractivity contribution in [2.24, 2.45) is 0 Å². The van der Waals surface area contributed by atoms with Gasteiger partial charge in [-0.1, -0.05) is 0 Å². The van der Waals surface area contributed by atoms with Gasteiger partial charge in [0.2, 0.25) is 0 Å². The molecule has 0 radical (unpaired) electrons. The average molecular weight is 418 g/mol. The summed E-state index contributed by atoms with van der Waals surface area (Å²) in [5.41, 5.74) is 1.97. The summed E-state index contributed by atoms with van der Waals surface area (Å²) < 4.78 is 11.6. The van der Waals surface area contributed by atoms with Crippen LogP contribution in [-0.2, 0) is 0 Å². The predicted molar refractivity (Wildman–Crippen MR) is 112 cm³/mol. The summed E-state index contributed by atoms with van der Waals surface area (Å²) in [5, 5.41) is 7.08. The number of methoxy groups -OCH3 is 1. The van der Waals surface area contributed by atoms with Crippen LogP contribution in [0.3, 0.4) is 0 Å². The van der Waals surface area contributed by atoms with E-state index < -0.39 is 5.60 Å². The van der Waals surface area contributed by atoms with Gasteiger partial charge in [-0.05, 0) is 30.3 Å². The Hall–Kier alpha value is -3.68. The lowest BCUT2D eigenvalue weighted by molar-refractivity contribution is -0.00594. The Morgan fingerprint density at radius 3 is 2.81 bits per heavy atom. The molecule has 1 amide bonds. The van der Waals surface area contributed by atoms with E-state index in [4.69, 9.17) is 9.47 Å². The first-order chi connectivity index (χ1) is 15.1. The second-order valence-corrected chi connectivity index (χ2v) is 7.95. The second-order valence-electron chi connectivity index (χ2n) is 7.95. The first kappa shape index (κ1) is 19.3. The lowest BCUT2D eigenvalue weighted by atomic mass is 9.82. The molecule has 4 heterocycles. The van der Waals surface area contributed by atoms with Gasteiger partial charge in [0.05, 0.1) is 24.8 Å². The fourth-order valence-electron chi connectivity index (χ4n) is 4.26. The number of carbonyl (C=O) groups is 2. The van der Waals surface area contributed by atoms with E-state index in [1.165, 1.54) is 0 Å². The van der Waals surface area contributed by atoms with Crippen molar-refractivity contribution in [2.75, 3.05) is 20.2 Å². The number of hydrogen-bond acceptors (Lipinski definition) is 6. The van der Waals surface area contributed by atoms with Crippen LogP contribution < -0.4 is 9.47 Å². The number of pyridine rings is 1. The maximum atomic E-state index is 13.0. The van der Waals surface area contributed by atoms with Crippen molar-refractivity contribution in [3.63, 3.8) is 0 Å². The molecular formula is C23H22N4O4. The Bertz CT molecular complexity index is 1130. The minimum Gasteiger partial charge on any atom is -0.497 e. The smallest absolute Gasteiger partial charge is 0.271 e. The number of amides is 1. The summed E-state index contributed by atoms with van der Waals surface area (Å²) >= 11 is 0. The molecule has 1 aromatic carbocycles. The van der Waals surface area contributed by atoms with Crippen molar-refractivity contribution in [1.29, 1.82) is 0 Å². The molecule has 2 aliphatic rings. The molecule has 0 saturated carbocycles. The van der Waals surface area contributed by atoms with Crippen LogP contribution in [0, 0.1) is 0 Å². The van der Waals surface area contributed by atoms with Crippen LogP contribution in [-0.4, -0.2) is 57.6 Å². The summed E-state index contributed by atoms with van der Waals surface area (Å²) in [7, 11) is 1.58. The van der Waals surface area contributed by atoms with Gasteiger partial charge >= 0.3 is 0 Å². The van der Waals surface area contributed by atoms with E-state index in [0.717, 1.165) is 5.56 Å². The van der Waals surface area contributed by atoms with Crippen LogP contribution in [0.1, 0.15) is 40.1 Å². The van der Waals surface area contributed by atoms with Crippen molar-refractivity contribution in [2.45, 2.75) is 24.9 Å². The van der Waals surface area contributed by atoms with Crippen LogP contribution in [0.2, 0.25) is 0 Å². The minimum absolute atomic E-state index is 0.0679. The fourth-order valence-corrected chi connectivity index (χ4v) is 4.26. The Balaban J connectivity index is 1.29. The normalized spacial score (nSPS) is 17.2. The Labute approximate surface area is 179 Å². The summed E-state index contributed by atoms with van der Waals surface area (Å²) in [4.78, 5) is 31.6. The van der Waals surface area contributed by atoms with E-state index in [2.05, 4.69) is 15.2 Å². The van der Waals surface area contributed by atoms with Crippen LogP contribution in [0.5, 0.6) is 11.5 Å². The first-order valence-corrected chi connectivity index (χ1v) is 10.2. The Morgan fingerprint density at radius 1 is 1.23 bits per heavy atom. The van der Waals surface area contributed by atoms with E-state index in [-0.39, 0.29) is 11.7 Å². The molecule has 0 atom stereocenters. The van der Waals surface area contributed by atoms with E-state index in [9.17, 15) is 9.59 Å². The number of likely N-dealkylation sites (tertiary alicyclic amines) is 1. The molecular weight excluding hydrogens is 396 g/mol. The third-order valence-electron chi connectivity index (χ3n) is 6.03. The van der Waals surface area contributed by atoms with Crippen molar-refractivity contribution < 1.29 is 19.1 Å². The highest BCUT2D eigenvalue weighted by molar-refractivity contribution is 6.00. The number of nitrogens with zero attached hydrogens (tertiary/aromatic N) is 3. The summed E-state index contributed by atoms with van der Waals surface area (Å²) in [5.74, 6) is 1.17. The highest BCUT2D eigenvalue weighted by Gasteiger charge is 2.44. The van der Waals surface area contributed by atoms with Crippen molar-refractivity contribution in [1.82, 2.24) is 20.1 Å². The topological polar surface area (TPSA) is 97.4 Å². The SMILES string of the molecule is COc1ccc2c(c1)OC1(CCN(C(=O)c3cc(-c4cccnc4)n[nH]3)CC1)CC2=O. The minimum atomic E-state index is -0.581. The number of rotatable bonds is 3. The zero-order valence-corrected chi connectivity index (χ0v) is 17.1. The van der Waals surface area contributed by atoms with Gasteiger partial charge in [-0.2, -0.15) is 5.10 Å². The van der Waals surface area contributed by atoms with Crippen LogP contribution in [0.4, 0.5) is 0 Å². The molecule has 0 bridgehead atoms. The number of fused-ring (bicyclic) bond motifs is 1. The van der Waals surface area contributed by atoms with Crippen LogP contribution in [0.25, 0.3) is 11.3 Å². The number of ether oxygens (including phenoxy) is 2. The zero-order chi connectivity index (χ0) is 21.4. The van der Waals surface area contributed by atoms with Gasteiger partial charge in [0, 0.05) is 50.0 Å². The molecule has 2 aliphatic heterocycles. The monoisotopic (exact) mass is 418 g/mol. The highest BCUT2D eigenvalue weighted by Crippen LogP contribution is 2.41. The second kappa shape index (κ2) is 7.54. The van der Waals surface area contributed by atoms with Crippen molar-refractivity contribution in [3.8, 4) is 22.8 Å². The maximum absolute atomic E-state index is 13.0. The maximum Gasteiger partial charge on any atom is 0.271 e. The molecule has 2 aromatic heterocycles. The largest absolute Gasteiger partial charge is 0.497 e. The van der Waals surface area contributed by atoms with Gasteiger partial charge in [0.15, 0.2) is 5.78 Å². The quantitative estimate of drug-likeness (QED) is 0.702. The number of piperidine rings is 1. The van der Waals surface area contributed by atoms with Gasteiger partial charge in [0.25, 0.3) is 5.91 Å². The Morgan fingerprint density at radius 2 is 2.06 bits per heavy atom. The summed E-state index contributed by atoms with van der Waals surface area (Å²) in [6.45, 7) is 1.01. The molecule has 8 nitrogen and oxygen atoms in total. The number of aromatic amines is 1.